The van der Waals surface area contributed by atoms with Gasteiger partial charge in [-0.15, -0.1) is 0 Å². The highest BCUT2D eigenvalue weighted by Crippen LogP contribution is 2.27. The van der Waals surface area contributed by atoms with Crippen molar-refractivity contribution < 1.29 is 9.53 Å². The van der Waals surface area contributed by atoms with E-state index in [1.807, 2.05) is 30.3 Å². The quantitative estimate of drug-likeness (QED) is 0.670. The molecule has 27 heavy (non-hydrogen) atoms. The molecule has 5 heteroatoms. The Balaban J connectivity index is 1.80. The summed E-state index contributed by atoms with van der Waals surface area (Å²) in [6, 6.07) is 17.4. The standard InChI is InChI=1S/C22H19N3O2/c23-13-17-3-6-20-19(14-25-7-9-27-10-8-25)12-21(24-22(20)11-17)18-4-1-16(15-26)2-5-18/h1-6,11-12,15H,7-10,14H2. The Bertz CT molecular complexity index is 1020. The fraction of sp³-hybridized carbons (Fsp3) is 0.227. The summed E-state index contributed by atoms with van der Waals surface area (Å²) < 4.78 is 5.45. The molecule has 0 bridgehead atoms. The van der Waals surface area contributed by atoms with Gasteiger partial charge in [-0.05, 0) is 23.8 Å². The van der Waals surface area contributed by atoms with Crippen molar-refractivity contribution in [3.63, 3.8) is 0 Å². The van der Waals surface area contributed by atoms with Gasteiger partial charge < -0.3 is 4.74 Å². The smallest absolute Gasteiger partial charge is 0.150 e. The molecule has 0 atom stereocenters. The van der Waals surface area contributed by atoms with E-state index < -0.39 is 0 Å². The molecular weight excluding hydrogens is 338 g/mol. The molecule has 1 aromatic heterocycles. The molecule has 0 amide bonds. The number of nitrogens with zero attached hydrogens (tertiary/aromatic N) is 3. The second kappa shape index (κ2) is 7.67. The van der Waals surface area contributed by atoms with Crippen LogP contribution in [0.4, 0.5) is 0 Å². The van der Waals surface area contributed by atoms with Crippen molar-refractivity contribution in [2.45, 2.75) is 6.54 Å². The molecule has 0 radical (unpaired) electrons. The van der Waals surface area contributed by atoms with Gasteiger partial charge in [0.1, 0.15) is 6.29 Å². The van der Waals surface area contributed by atoms with Gasteiger partial charge in [-0.3, -0.25) is 9.69 Å². The van der Waals surface area contributed by atoms with Crippen molar-refractivity contribution in [2.75, 3.05) is 26.3 Å². The van der Waals surface area contributed by atoms with E-state index in [1.54, 1.807) is 12.1 Å². The summed E-state index contributed by atoms with van der Waals surface area (Å²) in [7, 11) is 0. The lowest BCUT2D eigenvalue weighted by molar-refractivity contribution is 0.0344. The summed E-state index contributed by atoms with van der Waals surface area (Å²) in [5.41, 5.74) is 5.03. The zero-order valence-corrected chi connectivity index (χ0v) is 14.9. The lowest BCUT2D eigenvalue weighted by Gasteiger charge is -2.27. The minimum atomic E-state index is 0.598. The molecule has 1 fully saturated rings. The van der Waals surface area contributed by atoms with Crippen LogP contribution in [0.3, 0.4) is 0 Å². The average Bonchev–Trinajstić information content (AvgIpc) is 2.74. The summed E-state index contributed by atoms with van der Waals surface area (Å²) in [5, 5.41) is 10.3. The van der Waals surface area contributed by atoms with E-state index in [-0.39, 0.29) is 0 Å². The van der Waals surface area contributed by atoms with E-state index >= 15 is 0 Å². The lowest BCUT2D eigenvalue weighted by atomic mass is 10.0. The highest BCUT2D eigenvalue weighted by molar-refractivity contribution is 5.86. The van der Waals surface area contributed by atoms with E-state index in [0.717, 1.165) is 61.3 Å². The zero-order chi connectivity index (χ0) is 18.6. The summed E-state index contributed by atoms with van der Waals surface area (Å²) in [4.78, 5) is 18.1. The van der Waals surface area contributed by atoms with E-state index in [9.17, 15) is 10.1 Å². The Morgan fingerprint density at radius 3 is 2.59 bits per heavy atom. The highest BCUT2D eigenvalue weighted by atomic mass is 16.5. The molecule has 1 aliphatic heterocycles. The second-order valence-corrected chi connectivity index (χ2v) is 6.64. The number of pyridine rings is 1. The molecule has 0 saturated carbocycles. The van der Waals surface area contributed by atoms with Gasteiger partial charge in [0, 0.05) is 36.1 Å². The number of carbonyl (C=O) groups is 1. The van der Waals surface area contributed by atoms with Gasteiger partial charge in [0.2, 0.25) is 0 Å². The number of nitriles is 1. The van der Waals surface area contributed by atoms with Gasteiger partial charge in [-0.2, -0.15) is 5.26 Å². The largest absolute Gasteiger partial charge is 0.379 e. The predicted molar refractivity (Wildman–Crippen MR) is 103 cm³/mol. The summed E-state index contributed by atoms with van der Waals surface area (Å²) >= 11 is 0. The van der Waals surface area contributed by atoms with Crippen molar-refractivity contribution in [3.05, 3.63) is 65.2 Å². The van der Waals surface area contributed by atoms with Crippen LogP contribution in [0.15, 0.2) is 48.5 Å². The third kappa shape index (κ3) is 3.72. The van der Waals surface area contributed by atoms with Crippen LogP contribution in [0.2, 0.25) is 0 Å². The minimum absolute atomic E-state index is 0.598. The van der Waals surface area contributed by atoms with Crippen LogP contribution in [-0.4, -0.2) is 42.5 Å². The molecule has 0 aliphatic carbocycles. The first-order chi connectivity index (χ1) is 13.3. The van der Waals surface area contributed by atoms with Gasteiger partial charge in [0.25, 0.3) is 0 Å². The Kier molecular flexibility index (Phi) is 4.93. The van der Waals surface area contributed by atoms with Gasteiger partial charge in [0.15, 0.2) is 0 Å². The fourth-order valence-corrected chi connectivity index (χ4v) is 3.38. The predicted octanol–water partition coefficient (Wildman–Crippen LogP) is 3.42. The third-order valence-electron chi connectivity index (χ3n) is 4.86. The third-order valence-corrected chi connectivity index (χ3v) is 4.86. The fourth-order valence-electron chi connectivity index (χ4n) is 3.38. The zero-order valence-electron chi connectivity index (χ0n) is 14.9. The number of benzene rings is 2. The SMILES string of the molecule is N#Cc1ccc2c(CN3CCOCC3)cc(-c3ccc(C=O)cc3)nc2c1. The number of hydrogen-bond donors (Lipinski definition) is 0. The van der Waals surface area contributed by atoms with E-state index in [2.05, 4.69) is 17.0 Å². The molecule has 2 aromatic carbocycles. The van der Waals surface area contributed by atoms with Crippen LogP contribution < -0.4 is 0 Å². The Hall–Kier alpha value is -3.07. The first-order valence-electron chi connectivity index (χ1n) is 8.96. The van der Waals surface area contributed by atoms with Crippen molar-refractivity contribution in [3.8, 4) is 17.3 Å². The number of aromatic nitrogens is 1. The molecule has 1 saturated heterocycles. The maximum atomic E-state index is 10.9. The molecular formula is C22H19N3O2. The molecule has 2 heterocycles. The van der Waals surface area contributed by atoms with Crippen molar-refractivity contribution in [2.24, 2.45) is 0 Å². The van der Waals surface area contributed by atoms with E-state index in [0.29, 0.717) is 11.1 Å². The molecule has 0 spiro atoms. The number of hydrogen-bond acceptors (Lipinski definition) is 5. The topological polar surface area (TPSA) is 66.2 Å². The first kappa shape index (κ1) is 17.3. The summed E-state index contributed by atoms with van der Waals surface area (Å²) in [6.45, 7) is 4.13. The second-order valence-electron chi connectivity index (χ2n) is 6.64. The van der Waals surface area contributed by atoms with Crippen LogP contribution in [0.5, 0.6) is 0 Å². The Morgan fingerprint density at radius 2 is 1.89 bits per heavy atom. The maximum Gasteiger partial charge on any atom is 0.150 e. The van der Waals surface area contributed by atoms with Crippen LogP contribution >= 0.6 is 0 Å². The lowest BCUT2D eigenvalue weighted by Crippen LogP contribution is -2.35. The molecule has 4 rings (SSSR count). The minimum Gasteiger partial charge on any atom is -0.379 e. The van der Waals surface area contributed by atoms with Crippen LogP contribution in [-0.2, 0) is 11.3 Å². The maximum absolute atomic E-state index is 10.9. The van der Waals surface area contributed by atoms with Gasteiger partial charge in [0.05, 0.1) is 36.1 Å². The Labute approximate surface area is 157 Å². The summed E-state index contributed by atoms with van der Waals surface area (Å²) in [6.07, 6.45) is 0.834. The summed E-state index contributed by atoms with van der Waals surface area (Å²) in [5.74, 6) is 0. The molecule has 5 nitrogen and oxygen atoms in total. The molecule has 0 unspecified atom stereocenters. The first-order valence-corrected chi connectivity index (χ1v) is 8.96. The van der Waals surface area contributed by atoms with Crippen LogP contribution in [0, 0.1) is 11.3 Å². The van der Waals surface area contributed by atoms with Crippen LogP contribution in [0.1, 0.15) is 21.5 Å². The molecule has 3 aromatic rings. The normalized spacial score (nSPS) is 14.8. The molecule has 0 N–H and O–H groups in total. The van der Waals surface area contributed by atoms with Crippen molar-refractivity contribution >= 4 is 17.2 Å². The van der Waals surface area contributed by atoms with E-state index in [1.165, 1.54) is 5.56 Å². The molecule has 1 aliphatic rings. The van der Waals surface area contributed by atoms with Crippen molar-refractivity contribution in [1.82, 2.24) is 9.88 Å². The number of fused-ring (bicyclic) bond motifs is 1. The highest BCUT2D eigenvalue weighted by Gasteiger charge is 2.15. The van der Waals surface area contributed by atoms with Gasteiger partial charge in [-0.25, -0.2) is 4.98 Å². The van der Waals surface area contributed by atoms with Gasteiger partial charge in [-0.1, -0.05) is 30.3 Å². The number of carbonyl (C=O) groups excluding carboxylic acids is 1. The van der Waals surface area contributed by atoms with E-state index in [4.69, 9.17) is 9.72 Å². The number of ether oxygens (including phenoxy) is 1. The number of aldehydes is 1. The van der Waals surface area contributed by atoms with Crippen molar-refractivity contribution in [1.29, 1.82) is 5.26 Å². The number of rotatable bonds is 4. The van der Waals surface area contributed by atoms with Crippen LogP contribution in [0.25, 0.3) is 22.2 Å². The van der Waals surface area contributed by atoms with Gasteiger partial charge >= 0.3 is 0 Å². The number of morpholine rings is 1. The monoisotopic (exact) mass is 357 g/mol. The average molecular weight is 357 g/mol. The molecule has 134 valence electrons. The Morgan fingerprint density at radius 1 is 1.11 bits per heavy atom.